The summed E-state index contributed by atoms with van der Waals surface area (Å²) < 4.78 is 0.907. The van der Waals surface area contributed by atoms with Gasteiger partial charge in [-0.05, 0) is 40.5 Å². The first-order valence-electron chi connectivity index (χ1n) is 4.07. The molecule has 1 atom stereocenters. The third kappa shape index (κ3) is 1.47. The van der Waals surface area contributed by atoms with Gasteiger partial charge < -0.3 is 5.73 Å². The number of rotatable bonds is 1. The number of aromatic nitrogens is 2. The van der Waals surface area contributed by atoms with Gasteiger partial charge in [0.2, 0.25) is 0 Å². The van der Waals surface area contributed by atoms with Crippen molar-refractivity contribution in [2.45, 2.75) is 13.0 Å². The van der Waals surface area contributed by atoms with Gasteiger partial charge in [-0.1, -0.05) is 6.07 Å². The van der Waals surface area contributed by atoms with Crippen molar-refractivity contribution in [3.05, 3.63) is 28.4 Å². The fourth-order valence-corrected chi connectivity index (χ4v) is 1.69. The van der Waals surface area contributed by atoms with E-state index in [2.05, 4.69) is 26.1 Å². The van der Waals surface area contributed by atoms with Crippen molar-refractivity contribution in [3.8, 4) is 0 Å². The summed E-state index contributed by atoms with van der Waals surface area (Å²) in [4.78, 5) is 0. The number of nitrogens with one attached hydrogen (secondary N) is 1. The van der Waals surface area contributed by atoms with Crippen molar-refractivity contribution in [1.29, 1.82) is 0 Å². The van der Waals surface area contributed by atoms with Gasteiger partial charge >= 0.3 is 0 Å². The van der Waals surface area contributed by atoms with E-state index < -0.39 is 0 Å². The summed E-state index contributed by atoms with van der Waals surface area (Å²) in [5.41, 5.74) is 7.85. The van der Waals surface area contributed by atoms with E-state index in [9.17, 15) is 0 Å². The molecule has 0 saturated carbocycles. The first-order valence-corrected chi connectivity index (χ1v) is 4.87. The molecule has 2 aromatic rings. The lowest BCUT2D eigenvalue weighted by molar-refractivity contribution is 0.820. The summed E-state index contributed by atoms with van der Waals surface area (Å²) in [5, 5.41) is 8.05. The SMILES string of the molecule is CC(N)c1ccc2n[nH]c(Br)c2c1. The first kappa shape index (κ1) is 8.72. The Morgan fingerprint density at radius 2 is 2.31 bits per heavy atom. The molecule has 2 rings (SSSR count). The molecule has 1 aromatic heterocycles. The Labute approximate surface area is 84.4 Å². The molecule has 0 saturated heterocycles. The molecule has 1 heterocycles. The highest BCUT2D eigenvalue weighted by atomic mass is 79.9. The van der Waals surface area contributed by atoms with Crippen LogP contribution in [0.25, 0.3) is 10.9 Å². The fraction of sp³-hybridized carbons (Fsp3) is 0.222. The molecule has 0 spiro atoms. The minimum atomic E-state index is 0.0613. The molecule has 68 valence electrons. The average molecular weight is 240 g/mol. The molecule has 4 heteroatoms. The molecule has 0 aliphatic heterocycles. The number of hydrogen-bond donors (Lipinski definition) is 2. The van der Waals surface area contributed by atoms with Crippen molar-refractivity contribution < 1.29 is 0 Å². The van der Waals surface area contributed by atoms with Crippen LogP contribution in [0, 0.1) is 0 Å². The lowest BCUT2D eigenvalue weighted by Crippen LogP contribution is -2.04. The van der Waals surface area contributed by atoms with E-state index in [1.54, 1.807) is 0 Å². The van der Waals surface area contributed by atoms with Crippen molar-refractivity contribution in [1.82, 2.24) is 10.2 Å². The maximum atomic E-state index is 5.78. The Bertz CT molecular complexity index is 433. The normalized spacial score (nSPS) is 13.5. The summed E-state index contributed by atoms with van der Waals surface area (Å²) in [5.74, 6) is 0. The second-order valence-corrected chi connectivity index (χ2v) is 3.90. The first-order chi connectivity index (χ1) is 6.18. The number of aromatic amines is 1. The van der Waals surface area contributed by atoms with Crippen LogP contribution in [0.2, 0.25) is 0 Å². The molecule has 13 heavy (non-hydrogen) atoms. The number of fused-ring (bicyclic) bond motifs is 1. The van der Waals surface area contributed by atoms with Gasteiger partial charge in [0, 0.05) is 11.4 Å². The predicted molar refractivity (Wildman–Crippen MR) is 56.4 cm³/mol. The topological polar surface area (TPSA) is 54.7 Å². The number of H-pyrrole nitrogens is 1. The van der Waals surface area contributed by atoms with Crippen LogP contribution in [0.4, 0.5) is 0 Å². The number of halogens is 1. The molecule has 0 amide bonds. The summed E-state index contributed by atoms with van der Waals surface area (Å²) in [6.45, 7) is 1.97. The highest BCUT2D eigenvalue weighted by molar-refractivity contribution is 9.10. The summed E-state index contributed by atoms with van der Waals surface area (Å²) >= 11 is 3.39. The second kappa shape index (κ2) is 3.12. The number of benzene rings is 1. The molecule has 0 aliphatic carbocycles. The summed E-state index contributed by atoms with van der Waals surface area (Å²) in [6.07, 6.45) is 0. The zero-order chi connectivity index (χ0) is 9.42. The molecule has 0 aliphatic rings. The minimum Gasteiger partial charge on any atom is -0.324 e. The zero-order valence-electron chi connectivity index (χ0n) is 7.21. The highest BCUT2D eigenvalue weighted by Crippen LogP contribution is 2.23. The molecule has 3 N–H and O–H groups in total. The molecule has 0 bridgehead atoms. The van der Waals surface area contributed by atoms with Gasteiger partial charge in [0.1, 0.15) is 4.60 Å². The molecule has 3 nitrogen and oxygen atoms in total. The van der Waals surface area contributed by atoms with Crippen LogP contribution in [0.1, 0.15) is 18.5 Å². The van der Waals surface area contributed by atoms with Crippen LogP contribution in [-0.4, -0.2) is 10.2 Å². The van der Waals surface area contributed by atoms with Gasteiger partial charge in [0.15, 0.2) is 0 Å². The Hall–Kier alpha value is -0.870. The van der Waals surface area contributed by atoms with Crippen LogP contribution < -0.4 is 5.73 Å². The molecule has 0 radical (unpaired) electrons. The van der Waals surface area contributed by atoms with Crippen LogP contribution in [0.15, 0.2) is 22.8 Å². The van der Waals surface area contributed by atoms with Crippen molar-refractivity contribution in [2.24, 2.45) is 5.73 Å². The van der Waals surface area contributed by atoms with Crippen LogP contribution in [0.5, 0.6) is 0 Å². The second-order valence-electron chi connectivity index (χ2n) is 3.10. The average Bonchev–Trinajstić information content (AvgIpc) is 2.47. The van der Waals surface area contributed by atoms with Crippen LogP contribution in [-0.2, 0) is 0 Å². The maximum Gasteiger partial charge on any atom is 0.108 e. The number of nitrogens with two attached hydrogens (primary N) is 1. The van der Waals surface area contributed by atoms with Gasteiger partial charge in [0.25, 0.3) is 0 Å². The maximum absolute atomic E-state index is 5.78. The predicted octanol–water partition coefficient (Wildman–Crippen LogP) is 2.35. The Morgan fingerprint density at radius 1 is 1.54 bits per heavy atom. The number of nitrogens with zero attached hydrogens (tertiary/aromatic N) is 1. The smallest absolute Gasteiger partial charge is 0.108 e. The molecule has 1 unspecified atom stereocenters. The van der Waals surface area contributed by atoms with Gasteiger partial charge in [0.05, 0.1) is 5.52 Å². The molecular weight excluding hydrogens is 230 g/mol. The van der Waals surface area contributed by atoms with Crippen LogP contribution >= 0.6 is 15.9 Å². The van der Waals surface area contributed by atoms with E-state index in [-0.39, 0.29) is 6.04 Å². The molecular formula is C9H10BrN3. The Morgan fingerprint density at radius 3 is 3.00 bits per heavy atom. The van der Waals surface area contributed by atoms with Crippen molar-refractivity contribution >= 4 is 26.8 Å². The number of hydrogen-bond acceptors (Lipinski definition) is 2. The van der Waals surface area contributed by atoms with E-state index in [1.165, 1.54) is 0 Å². The van der Waals surface area contributed by atoms with E-state index in [0.29, 0.717) is 0 Å². The van der Waals surface area contributed by atoms with E-state index in [0.717, 1.165) is 21.1 Å². The van der Waals surface area contributed by atoms with Gasteiger partial charge in [-0.3, -0.25) is 5.10 Å². The molecule has 1 aromatic carbocycles. The van der Waals surface area contributed by atoms with Gasteiger partial charge in [-0.2, -0.15) is 5.10 Å². The van der Waals surface area contributed by atoms with E-state index >= 15 is 0 Å². The third-order valence-electron chi connectivity index (χ3n) is 2.06. The molecule has 0 fully saturated rings. The third-order valence-corrected chi connectivity index (χ3v) is 2.66. The van der Waals surface area contributed by atoms with Crippen molar-refractivity contribution in [2.75, 3.05) is 0 Å². The zero-order valence-corrected chi connectivity index (χ0v) is 8.80. The lowest BCUT2D eigenvalue weighted by Gasteiger charge is -2.04. The van der Waals surface area contributed by atoms with Gasteiger partial charge in [-0.15, -0.1) is 0 Å². The quantitative estimate of drug-likeness (QED) is 0.803. The van der Waals surface area contributed by atoms with E-state index in [1.807, 2.05) is 25.1 Å². The van der Waals surface area contributed by atoms with E-state index in [4.69, 9.17) is 5.73 Å². The summed E-state index contributed by atoms with van der Waals surface area (Å²) in [7, 11) is 0. The van der Waals surface area contributed by atoms with Crippen LogP contribution in [0.3, 0.4) is 0 Å². The minimum absolute atomic E-state index is 0.0613. The van der Waals surface area contributed by atoms with Crippen molar-refractivity contribution in [3.63, 3.8) is 0 Å². The highest BCUT2D eigenvalue weighted by Gasteiger charge is 2.05. The Balaban J connectivity index is 2.66. The standard InChI is InChI=1S/C9H10BrN3/c1-5(11)6-2-3-8-7(4-6)9(10)13-12-8/h2-5H,11H2,1H3,(H,12,13). The lowest BCUT2D eigenvalue weighted by atomic mass is 10.1. The largest absolute Gasteiger partial charge is 0.324 e. The van der Waals surface area contributed by atoms with Gasteiger partial charge in [-0.25, -0.2) is 0 Å². The fourth-order valence-electron chi connectivity index (χ4n) is 1.28. The summed E-state index contributed by atoms with van der Waals surface area (Å²) in [6, 6.07) is 6.08. The Kier molecular flexibility index (Phi) is 2.09. The monoisotopic (exact) mass is 239 g/mol.